The molecule has 172 valence electrons. The van der Waals surface area contributed by atoms with Crippen molar-refractivity contribution in [1.29, 1.82) is 0 Å². The highest BCUT2D eigenvalue weighted by Gasteiger charge is 2.41. The third-order valence-electron chi connectivity index (χ3n) is 5.98. The fourth-order valence-electron chi connectivity index (χ4n) is 3.96. The van der Waals surface area contributed by atoms with E-state index in [1.54, 1.807) is 18.2 Å². The lowest BCUT2D eigenvalue weighted by Gasteiger charge is -2.36. The number of benzene rings is 3. The van der Waals surface area contributed by atoms with E-state index in [0.29, 0.717) is 22.9 Å². The molecule has 6 heteroatoms. The van der Waals surface area contributed by atoms with Crippen molar-refractivity contribution in [2.24, 2.45) is 0 Å². The first kappa shape index (κ1) is 22.5. The van der Waals surface area contributed by atoms with Gasteiger partial charge in [-0.3, -0.25) is 19.4 Å². The molecule has 2 amide bonds. The quantitative estimate of drug-likeness (QED) is 0.196. The highest BCUT2D eigenvalue weighted by Crippen LogP contribution is 2.31. The van der Waals surface area contributed by atoms with Crippen LogP contribution in [0.15, 0.2) is 101 Å². The first-order valence-electron chi connectivity index (χ1n) is 11.2. The largest absolute Gasteiger partial charge is 0.457 e. The maximum absolute atomic E-state index is 13.7. The van der Waals surface area contributed by atoms with Crippen LogP contribution in [0.25, 0.3) is 17.4 Å². The number of carbonyl (C=O) groups is 2. The van der Waals surface area contributed by atoms with E-state index in [9.17, 15) is 9.59 Å². The smallest absolute Gasteiger partial charge is 0.270 e. The third kappa shape index (κ3) is 4.20. The van der Waals surface area contributed by atoms with Crippen LogP contribution in [0.5, 0.6) is 0 Å². The van der Waals surface area contributed by atoms with Crippen molar-refractivity contribution in [2.75, 3.05) is 9.80 Å². The Labute approximate surface area is 208 Å². The van der Waals surface area contributed by atoms with E-state index in [2.05, 4.69) is 0 Å². The fraction of sp³-hybridized carbons (Fsp3) is 0.0690. The Bertz CT molecular complexity index is 1470. The van der Waals surface area contributed by atoms with Gasteiger partial charge < -0.3 is 4.42 Å². The Morgan fingerprint density at radius 2 is 1.34 bits per heavy atom. The minimum Gasteiger partial charge on any atom is -0.457 e. The molecule has 1 fully saturated rings. The van der Waals surface area contributed by atoms with Gasteiger partial charge in [-0.2, -0.15) is 0 Å². The van der Waals surface area contributed by atoms with Gasteiger partial charge in [0.2, 0.25) is 0 Å². The predicted molar refractivity (Wildman–Crippen MR) is 142 cm³/mol. The lowest BCUT2D eigenvalue weighted by atomic mass is 10.1. The number of amides is 2. The molecule has 0 unspecified atom stereocenters. The van der Waals surface area contributed by atoms with Crippen LogP contribution >= 0.6 is 12.2 Å². The molecular formula is C29H22N2O3S. The van der Waals surface area contributed by atoms with E-state index in [4.69, 9.17) is 16.6 Å². The number of aryl methyl sites for hydroxylation is 2. The Kier molecular flexibility index (Phi) is 5.89. The molecular weight excluding hydrogens is 456 g/mol. The number of hydrogen-bond donors (Lipinski definition) is 0. The maximum Gasteiger partial charge on any atom is 0.270 e. The van der Waals surface area contributed by atoms with Crippen LogP contribution in [-0.2, 0) is 9.59 Å². The van der Waals surface area contributed by atoms with Crippen molar-refractivity contribution >= 4 is 46.6 Å². The molecule has 1 aromatic heterocycles. The van der Waals surface area contributed by atoms with Crippen molar-refractivity contribution in [3.63, 3.8) is 0 Å². The maximum atomic E-state index is 13.7. The Morgan fingerprint density at radius 3 is 2.00 bits per heavy atom. The number of rotatable bonds is 4. The van der Waals surface area contributed by atoms with Crippen molar-refractivity contribution in [3.05, 3.63) is 113 Å². The number of anilines is 2. The molecule has 1 aliphatic heterocycles. The van der Waals surface area contributed by atoms with E-state index in [0.717, 1.165) is 16.7 Å². The molecule has 1 aliphatic rings. The van der Waals surface area contributed by atoms with E-state index in [1.807, 2.05) is 86.6 Å². The Morgan fingerprint density at radius 1 is 0.714 bits per heavy atom. The Hall–Kier alpha value is -4.29. The zero-order valence-corrected chi connectivity index (χ0v) is 20.1. The van der Waals surface area contributed by atoms with Crippen molar-refractivity contribution < 1.29 is 14.0 Å². The predicted octanol–water partition coefficient (Wildman–Crippen LogP) is 6.31. The summed E-state index contributed by atoms with van der Waals surface area (Å²) in [5.74, 6) is 0.0630. The standard InChI is InChI=1S/C29H22N2O3S/c1-19-13-14-23(17-20(19)2)31-28(33)25(27(32)30(29(31)35)22-11-7-4-8-12-22)18-24-15-16-26(34-24)21-9-5-3-6-10-21/h3-18H,1-2H3/b25-18-. The van der Waals surface area contributed by atoms with Crippen molar-refractivity contribution in [2.45, 2.75) is 13.8 Å². The molecule has 3 aromatic carbocycles. The SMILES string of the molecule is Cc1ccc(N2C(=O)/C(=C\c3ccc(-c4ccccc4)o3)C(=O)N(c3ccccc3)C2=S)cc1C. The monoisotopic (exact) mass is 478 g/mol. The van der Waals surface area contributed by atoms with Gasteiger partial charge in [0.15, 0.2) is 5.11 Å². The van der Waals surface area contributed by atoms with E-state index >= 15 is 0 Å². The molecule has 5 rings (SSSR count). The molecule has 0 aliphatic carbocycles. The minimum absolute atomic E-state index is 0.0327. The van der Waals surface area contributed by atoms with Gasteiger partial charge in [-0.15, -0.1) is 0 Å². The molecule has 4 aromatic rings. The lowest BCUT2D eigenvalue weighted by Crippen LogP contribution is -2.57. The van der Waals surface area contributed by atoms with Crippen LogP contribution in [0.3, 0.4) is 0 Å². The number of para-hydroxylation sites is 1. The van der Waals surface area contributed by atoms with Gasteiger partial charge in [-0.05, 0) is 79.7 Å². The third-order valence-corrected chi connectivity index (χ3v) is 6.35. The molecule has 0 spiro atoms. The number of furan rings is 1. The van der Waals surface area contributed by atoms with Crippen LogP contribution in [0.1, 0.15) is 16.9 Å². The minimum atomic E-state index is -0.496. The van der Waals surface area contributed by atoms with Crippen molar-refractivity contribution in [3.8, 4) is 11.3 Å². The first-order valence-corrected chi connectivity index (χ1v) is 11.6. The lowest BCUT2D eigenvalue weighted by molar-refractivity contribution is -0.120. The zero-order valence-electron chi connectivity index (χ0n) is 19.3. The summed E-state index contributed by atoms with van der Waals surface area (Å²) in [5.41, 5.74) is 4.17. The molecule has 0 saturated carbocycles. The molecule has 0 bridgehead atoms. The van der Waals surface area contributed by atoms with Gasteiger partial charge in [0.25, 0.3) is 11.8 Å². The summed E-state index contributed by atoms with van der Waals surface area (Å²) in [6.07, 6.45) is 1.49. The summed E-state index contributed by atoms with van der Waals surface area (Å²) >= 11 is 5.69. The number of carbonyl (C=O) groups excluding carboxylic acids is 2. The Balaban J connectivity index is 1.61. The van der Waals surface area contributed by atoms with Gasteiger partial charge in [-0.25, -0.2) is 0 Å². The first-order chi connectivity index (χ1) is 16.9. The van der Waals surface area contributed by atoms with Gasteiger partial charge in [0, 0.05) is 5.56 Å². The van der Waals surface area contributed by atoms with E-state index in [1.165, 1.54) is 15.9 Å². The van der Waals surface area contributed by atoms with Gasteiger partial charge in [-0.1, -0.05) is 54.6 Å². The molecule has 0 N–H and O–H groups in total. The molecule has 35 heavy (non-hydrogen) atoms. The average Bonchev–Trinajstić information content (AvgIpc) is 3.34. The zero-order chi connectivity index (χ0) is 24.5. The molecule has 5 nitrogen and oxygen atoms in total. The van der Waals surface area contributed by atoms with Gasteiger partial charge >= 0.3 is 0 Å². The second-order valence-electron chi connectivity index (χ2n) is 8.29. The van der Waals surface area contributed by atoms with Crippen LogP contribution < -0.4 is 9.80 Å². The summed E-state index contributed by atoms with van der Waals surface area (Å²) in [7, 11) is 0. The van der Waals surface area contributed by atoms with Crippen LogP contribution in [-0.4, -0.2) is 16.9 Å². The number of hydrogen-bond acceptors (Lipinski definition) is 4. The van der Waals surface area contributed by atoms with Gasteiger partial charge in [0.1, 0.15) is 17.1 Å². The molecule has 1 saturated heterocycles. The summed E-state index contributed by atoms with van der Waals surface area (Å²) in [6, 6.07) is 28.0. The summed E-state index contributed by atoms with van der Waals surface area (Å²) < 4.78 is 5.96. The number of nitrogens with zero attached hydrogens (tertiary/aromatic N) is 2. The summed E-state index contributed by atoms with van der Waals surface area (Å²) in [5, 5.41) is 0.107. The van der Waals surface area contributed by atoms with E-state index < -0.39 is 11.8 Å². The molecule has 0 radical (unpaired) electrons. The van der Waals surface area contributed by atoms with Crippen LogP contribution in [0.2, 0.25) is 0 Å². The van der Waals surface area contributed by atoms with E-state index in [-0.39, 0.29) is 10.7 Å². The normalized spacial score (nSPS) is 15.3. The summed E-state index contributed by atoms with van der Waals surface area (Å²) in [6.45, 7) is 3.98. The number of thiocarbonyl (C=S) groups is 1. The average molecular weight is 479 g/mol. The molecule has 2 heterocycles. The fourth-order valence-corrected chi connectivity index (χ4v) is 4.33. The van der Waals surface area contributed by atoms with Crippen LogP contribution in [0.4, 0.5) is 11.4 Å². The summed E-state index contributed by atoms with van der Waals surface area (Å²) in [4.78, 5) is 30.1. The highest BCUT2D eigenvalue weighted by molar-refractivity contribution is 7.81. The molecule has 0 atom stereocenters. The van der Waals surface area contributed by atoms with Crippen molar-refractivity contribution in [1.82, 2.24) is 0 Å². The van der Waals surface area contributed by atoms with Gasteiger partial charge in [0.05, 0.1) is 11.4 Å². The van der Waals surface area contributed by atoms with Crippen LogP contribution in [0, 0.1) is 13.8 Å². The highest BCUT2D eigenvalue weighted by atomic mass is 32.1. The second-order valence-corrected chi connectivity index (χ2v) is 8.66. The second kappa shape index (κ2) is 9.16. The topological polar surface area (TPSA) is 53.8 Å².